The van der Waals surface area contributed by atoms with Crippen molar-refractivity contribution in [1.29, 1.82) is 0 Å². The summed E-state index contributed by atoms with van der Waals surface area (Å²) in [5.41, 5.74) is 1.80. The van der Waals surface area contributed by atoms with Gasteiger partial charge in [0, 0.05) is 24.1 Å². The van der Waals surface area contributed by atoms with Crippen LogP contribution < -0.4 is 5.32 Å². The molecular formula is C12H16ClNO2. The first-order chi connectivity index (χ1) is 7.67. The maximum absolute atomic E-state index is 11.5. The van der Waals surface area contributed by atoms with Crippen molar-refractivity contribution in [2.24, 2.45) is 5.92 Å². The van der Waals surface area contributed by atoms with Crippen LogP contribution >= 0.6 is 11.6 Å². The second kappa shape index (κ2) is 6.51. The largest absolute Gasteiger partial charge is 0.396 e. The van der Waals surface area contributed by atoms with E-state index in [1.165, 1.54) is 0 Å². The Hall–Kier alpha value is -1.06. The molecule has 0 aromatic heterocycles. The summed E-state index contributed by atoms with van der Waals surface area (Å²) in [7, 11) is 0. The Bertz CT molecular complexity index is 337. The van der Waals surface area contributed by atoms with Crippen molar-refractivity contribution in [2.75, 3.05) is 17.8 Å². The van der Waals surface area contributed by atoms with Crippen LogP contribution in [0.1, 0.15) is 12.5 Å². The van der Waals surface area contributed by atoms with Gasteiger partial charge >= 0.3 is 0 Å². The molecule has 0 aliphatic heterocycles. The summed E-state index contributed by atoms with van der Waals surface area (Å²) in [6.07, 6.45) is 0.631. The Morgan fingerprint density at radius 1 is 1.44 bits per heavy atom. The van der Waals surface area contributed by atoms with Gasteiger partial charge in [-0.3, -0.25) is 4.79 Å². The standard InChI is InChI=1S/C12H16ClNO2/c1-9(8-13)12(16)14-11-4-2-10(3-5-11)6-7-15/h2-5,9,15H,6-8H2,1H3,(H,14,16). The second-order valence-corrected chi connectivity index (χ2v) is 4.02. The molecule has 3 nitrogen and oxygen atoms in total. The predicted octanol–water partition coefficient (Wildman–Crippen LogP) is 2.03. The summed E-state index contributed by atoms with van der Waals surface area (Å²) in [6, 6.07) is 7.42. The highest BCUT2D eigenvalue weighted by molar-refractivity contribution is 6.19. The monoisotopic (exact) mass is 241 g/mol. The van der Waals surface area contributed by atoms with E-state index in [0.717, 1.165) is 11.3 Å². The normalized spacial score (nSPS) is 12.2. The molecule has 1 rings (SSSR count). The molecule has 0 fully saturated rings. The lowest BCUT2D eigenvalue weighted by molar-refractivity contribution is -0.118. The van der Waals surface area contributed by atoms with E-state index in [-0.39, 0.29) is 18.4 Å². The van der Waals surface area contributed by atoms with E-state index in [9.17, 15) is 4.79 Å². The van der Waals surface area contributed by atoms with Gasteiger partial charge in [-0.15, -0.1) is 11.6 Å². The lowest BCUT2D eigenvalue weighted by Crippen LogP contribution is -2.21. The van der Waals surface area contributed by atoms with Crippen LogP contribution in [0.2, 0.25) is 0 Å². The Kier molecular flexibility index (Phi) is 5.29. The van der Waals surface area contributed by atoms with Gasteiger partial charge in [0.25, 0.3) is 0 Å². The van der Waals surface area contributed by atoms with Crippen LogP contribution in [-0.4, -0.2) is 23.5 Å². The number of aliphatic hydroxyl groups is 1. The van der Waals surface area contributed by atoms with E-state index >= 15 is 0 Å². The van der Waals surface area contributed by atoms with Crippen LogP contribution in [0, 0.1) is 5.92 Å². The number of carbonyl (C=O) groups excluding carboxylic acids is 1. The molecule has 1 aromatic rings. The van der Waals surface area contributed by atoms with Crippen molar-refractivity contribution in [3.8, 4) is 0 Å². The number of benzene rings is 1. The molecule has 1 atom stereocenters. The number of amides is 1. The maximum Gasteiger partial charge on any atom is 0.228 e. The third-order valence-corrected chi connectivity index (χ3v) is 2.76. The van der Waals surface area contributed by atoms with Gasteiger partial charge in [-0.1, -0.05) is 19.1 Å². The van der Waals surface area contributed by atoms with Gasteiger partial charge in [-0.05, 0) is 24.1 Å². The van der Waals surface area contributed by atoms with Gasteiger partial charge in [-0.2, -0.15) is 0 Å². The molecule has 0 heterocycles. The Morgan fingerprint density at radius 2 is 2.06 bits per heavy atom. The van der Waals surface area contributed by atoms with Crippen molar-refractivity contribution < 1.29 is 9.90 Å². The molecule has 0 spiro atoms. The average molecular weight is 242 g/mol. The molecule has 0 bridgehead atoms. The molecule has 16 heavy (non-hydrogen) atoms. The zero-order valence-electron chi connectivity index (χ0n) is 9.24. The summed E-state index contributed by atoms with van der Waals surface area (Å²) in [5, 5.41) is 11.5. The number of carbonyl (C=O) groups is 1. The number of anilines is 1. The Balaban J connectivity index is 2.58. The van der Waals surface area contributed by atoms with Crippen LogP contribution in [-0.2, 0) is 11.2 Å². The van der Waals surface area contributed by atoms with E-state index in [4.69, 9.17) is 16.7 Å². The van der Waals surface area contributed by atoms with E-state index in [1.54, 1.807) is 6.92 Å². The third-order valence-electron chi connectivity index (χ3n) is 2.30. The summed E-state index contributed by atoms with van der Waals surface area (Å²) in [4.78, 5) is 11.5. The van der Waals surface area contributed by atoms with Gasteiger partial charge in [0.05, 0.1) is 0 Å². The van der Waals surface area contributed by atoms with E-state index in [0.29, 0.717) is 12.3 Å². The topological polar surface area (TPSA) is 49.3 Å². The third kappa shape index (κ3) is 3.83. The van der Waals surface area contributed by atoms with E-state index in [1.807, 2.05) is 24.3 Å². The Morgan fingerprint density at radius 3 is 2.56 bits per heavy atom. The van der Waals surface area contributed by atoms with Crippen molar-refractivity contribution in [3.05, 3.63) is 29.8 Å². The minimum atomic E-state index is -0.196. The van der Waals surface area contributed by atoms with Crippen LogP contribution in [0.25, 0.3) is 0 Å². The fourth-order valence-electron chi connectivity index (χ4n) is 1.22. The first kappa shape index (κ1) is 13.0. The summed E-state index contributed by atoms with van der Waals surface area (Å²) in [6.45, 7) is 1.91. The fraction of sp³-hybridized carbons (Fsp3) is 0.417. The van der Waals surface area contributed by atoms with Crippen molar-refractivity contribution in [2.45, 2.75) is 13.3 Å². The highest BCUT2D eigenvalue weighted by Crippen LogP contribution is 2.11. The lowest BCUT2D eigenvalue weighted by atomic mass is 10.1. The molecule has 88 valence electrons. The lowest BCUT2D eigenvalue weighted by Gasteiger charge is -2.09. The van der Waals surface area contributed by atoms with Gasteiger partial charge < -0.3 is 10.4 Å². The molecule has 2 N–H and O–H groups in total. The number of halogens is 1. The highest BCUT2D eigenvalue weighted by Gasteiger charge is 2.10. The Labute approximate surface area is 100 Å². The van der Waals surface area contributed by atoms with E-state index in [2.05, 4.69) is 5.32 Å². The zero-order valence-corrected chi connectivity index (χ0v) is 10.00. The molecule has 1 aromatic carbocycles. The number of hydrogen-bond donors (Lipinski definition) is 2. The quantitative estimate of drug-likeness (QED) is 0.775. The SMILES string of the molecule is CC(CCl)C(=O)Nc1ccc(CCO)cc1. The predicted molar refractivity (Wildman–Crippen MR) is 65.7 cm³/mol. The summed E-state index contributed by atoms with van der Waals surface area (Å²) in [5.74, 6) is 0.0396. The minimum Gasteiger partial charge on any atom is -0.396 e. The number of nitrogens with one attached hydrogen (secondary N) is 1. The fourth-order valence-corrected chi connectivity index (χ4v) is 1.36. The van der Waals surface area contributed by atoms with Crippen LogP contribution in [0.5, 0.6) is 0 Å². The minimum absolute atomic E-state index is 0.0788. The van der Waals surface area contributed by atoms with Crippen molar-refractivity contribution >= 4 is 23.2 Å². The van der Waals surface area contributed by atoms with Crippen LogP contribution in [0.4, 0.5) is 5.69 Å². The average Bonchev–Trinajstić information content (AvgIpc) is 2.31. The van der Waals surface area contributed by atoms with Crippen molar-refractivity contribution in [1.82, 2.24) is 0 Å². The van der Waals surface area contributed by atoms with Gasteiger partial charge in [-0.25, -0.2) is 0 Å². The molecule has 0 aliphatic carbocycles. The number of rotatable bonds is 5. The van der Waals surface area contributed by atoms with Gasteiger partial charge in [0.15, 0.2) is 0 Å². The number of hydrogen-bond acceptors (Lipinski definition) is 2. The molecule has 1 unspecified atom stereocenters. The molecule has 0 radical (unpaired) electrons. The first-order valence-electron chi connectivity index (χ1n) is 5.24. The number of aliphatic hydroxyl groups excluding tert-OH is 1. The molecule has 0 saturated heterocycles. The summed E-state index contributed by atoms with van der Waals surface area (Å²) >= 11 is 5.59. The molecule has 4 heteroatoms. The highest BCUT2D eigenvalue weighted by atomic mass is 35.5. The maximum atomic E-state index is 11.5. The number of alkyl halides is 1. The van der Waals surface area contributed by atoms with Gasteiger partial charge in [0.1, 0.15) is 0 Å². The van der Waals surface area contributed by atoms with Gasteiger partial charge in [0.2, 0.25) is 5.91 Å². The van der Waals surface area contributed by atoms with Crippen molar-refractivity contribution in [3.63, 3.8) is 0 Å². The van der Waals surface area contributed by atoms with E-state index < -0.39 is 0 Å². The molecule has 1 amide bonds. The smallest absolute Gasteiger partial charge is 0.228 e. The second-order valence-electron chi connectivity index (χ2n) is 3.72. The first-order valence-corrected chi connectivity index (χ1v) is 5.77. The van der Waals surface area contributed by atoms with Crippen LogP contribution in [0.3, 0.4) is 0 Å². The van der Waals surface area contributed by atoms with Crippen LogP contribution in [0.15, 0.2) is 24.3 Å². The summed E-state index contributed by atoms with van der Waals surface area (Å²) < 4.78 is 0. The zero-order chi connectivity index (χ0) is 12.0. The molecule has 0 aliphatic rings. The molecular weight excluding hydrogens is 226 g/mol. The molecule has 0 saturated carbocycles.